The Morgan fingerprint density at radius 1 is 1.21 bits per heavy atom. The largest absolute Gasteiger partial charge is 0.422 e. The minimum atomic E-state index is -0.334. The molecule has 0 bridgehead atoms. The third-order valence-corrected chi connectivity index (χ3v) is 2.41. The molecular formula is C11H7BrO2. The van der Waals surface area contributed by atoms with Crippen molar-refractivity contribution in [2.24, 2.45) is 0 Å². The minimum absolute atomic E-state index is 0.334. The first-order valence-corrected chi connectivity index (χ1v) is 4.91. The lowest BCUT2D eigenvalue weighted by Gasteiger charge is -1.98. The van der Waals surface area contributed by atoms with E-state index in [2.05, 4.69) is 15.9 Å². The maximum atomic E-state index is 10.9. The number of carbonyl (C=O) groups excluding carboxylic acids is 1. The van der Waals surface area contributed by atoms with Gasteiger partial charge in [0.2, 0.25) is 0 Å². The van der Waals surface area contributed by atoms with E-state index >= 15 is 0 Å². The van der Waals surface area contributed by atoms with Crippen LogP contribution in [0.1, 0.15) is 5.56 Å². The number of carbonyl (C=O) groups is 1. The molecule has 1 heterocycles. The minimum Gasteiger partial charge on any atom is -0.422 e. The van der Waals surface area contributed by atoms with E-state index in [1.165, 1.54) is 6.08 Å². The van der Waals surface area contributed by atoms with Gasteiger partial charge >= 0.3 is 5.97 Å². The van der Waals surface area contributed by atoms with Gasteiger partial charge < -0.3 is 4.74 Å². The van der Waals surface area contributed by atoms with Crippen molar-refractivity contribution in [3.8, 4) is 0 Å². The van der Waals surface area contributed by atoms with E-state index in [-0.39, 0.29) is 5.97 Å². The predicted octanol–water partition coefficient (Wildman–Crippen LogP) is 2.86. The molecule has 70 valence electrons. The Labute approximate surface area is 90.0 Å². The van der Waals surface area contributed by atoms with Gasteiger partial charge in [-0.1, -0.05) is 30.3 Å². The SMILES string of the molecule is O=C1C=C(Br)/C(=C\c2ccccc2)O1. The van der Waals surface area contributed by atoms with E-state index in [0.717, 1.165) is 5.56 Å². The first kappa shape index (κ1) is 9.21. The van der Waals surface area contributed by atoms with Gasteiger partial charge in [-0.15, -0.1) is 0 Å². The average molecular weight is 251 g/mol. The Morgan fingerprint density at radius 3 is 2.50 bits per heavy atom. The molecule has 0 saturated heterocycles. The van der Waals surface area contributed by atoms with E-state index in [4.69, 9.17) is 4.74 Å². The monoisotopic (exact) mass is 250 g/mol. The third-order valence-electron chi connectivity index (χ3n) is 1.79. The molecule has 1 aliphatic rings. The van der Waals surface area contributed by atoms with E-state index in [1.54, 1.807) is 0 Å². The van der Waals surface area contributed by atoms with Crippen molar-refractivity contribution in [1.29, 1.82) is 0 Å². The van der Waals surface area contributed by atoms with Crippen LogP contribution in [0.25, 0.3) is 6.08 Å². The molecule has 1 aromatic carbocycles. The van der Waals surface area contributed by atoms with Gasteiger partial charge in [0.25, 0.3) is 0 Å². The van der Waals surface area contributed by atoms with Crippen molar-refractivity contribution < 1.29 is 9.53 Å². The molecule has 0 aromatic heterocycles. The summed E-state index contributed by atoms with van der Waals surface area (Å²) in [5.74, 6) is 0.222. The van der Waals surface area contributed by atoms with Gasteiger partial charge in [0.05, 0.1) is 4.48 Å². The highest BCUT2D eigenvalue weighted by atomic mass is 79.9. The average Bonchev–Trinajstić information content (AvgIpc) is 2.47. The zero-order valence-electron chi connectivity index (χ0n) is 7.24. The van der Waals surface area contributed by atoms with Gasteiger partial charge in [-0.05, 0) is 27.6 Å². The summed E-state index contributed by atoms with van der Waals surface area (Å²) in [5.41, 5.74) is 1.00. The van der Waals surface area contributed by atoms with E-state index in [0.29, 0.717) is 10.2 Å². The first-order valence-electron chi connectivity index (χ1n) is 4.12. The molecule has 0 saturated carbocycles. The molecule has 1 aliphatic heterocycles. The summed E-state index contributed by atoms with van der Waals surface area (Å²) in [6.07, 6.45) is 3.22. The molecule has 0 radical (unpaired) electrons. The van der Waals surface area contributed by atoms with Crippen LogP contribution in [0.2, 0.25) is 0 Å². The van der Waals surface area contributed by atoms with Crippen LogP contribution in [0.3, 0.4) is 0 Å². The number of hydrogen-bond acceptors (Lipinski definition) is 2. The topological polar surface area (TPSA) is 26.3 Å². The second kappa shape index (κ2) is 3.80. The molecule has 0 fully saturated rings. The first-order chi connectivity index (χ1) is 6.75. The Morgan fingerprint density at radius 2 is 1.93 bits per heavy atom. The zero-order valence-corrected chi connectivity index (χ0v) is 8.82. The molecule has 0 spiro atoms. The molecule has 2 nitrogen and oxygen atoms in total. The van der Waals surface area contributed by atoms with E-state index in [1.807, 2.05) is 36.4 Å². The second-order valence-electron chi connectivity index (χ2n) is 2.83. The fourth-order valence-corrected chi connectivity index (χ4v) is 1.54. The fraction of sp³-hybridized carbons (Fsp3) is 0. The van der Waals surface area contributed by atoms with Gasteiger partial charge in [0, 0.05) is 6.08 Å². The number of esters is 1. The molecule has 0 amide bonds. The van der Waals surface area contributed by atoms with Crippen LogP contribution >= 0.6 is 15.9 Å². The number of cyclic esters (lactones) is 1. The Hall–Kier alpha value is -1.35. The molecule has 2 rings (SSSR count). The standard InChI is InChI=1S/C11H7BrO2/c12-9-7-11(13)14-10(9)6-8-4-2-1-3-5-8/h1-7H/b10-6+. The Kier molecular flexibility index (Phi) is 2.50. The van der Waals surface area contributed by atoms with Crippen molar-refractivity contribution in [2.45, 2.75) is 0 Å². The lowest BCUT2D eigenvalue weighted by molar-refractivity contribution is -0.132. The Balaban J connectivity index is 2.29. The number of ether oxygens (including phenoxy) is 1. The summed E-state index contributed by atoms with van der Waals surface area (Å²) in [6.45, 7) is 0. The van der Waals surface area contributed by atoms with Crippen molar-refractivity contribution in [3.63, 3.8) is 0 Å². The van der Waals surface area contributed by atoms with Gasteiger partial charge in [0.15, 0.2) is 0 Å². The number of allylic oxidation sites excluding steroid dienone is 1. The number of halogens is 1. The lowest BCUT2D eigenvalue weighted by Crippen LogP contribution is -1.90. The highest BCUT2D eigenvalue weighted by molar-refractivity contribution is 9.12. The molecule has 0 unspecified atom stereocenters. The van der Waals surface area contributed by atoms with Crippen LogP contribution in [0.15, 0.2) is 46.6 Å². The molecule has 3 heteroatoms. The van der Waals surface area contributed by atoms with Crippen LogP contribution in [-0.4, -0.2) is 5.97 Å². The zero-order chi connectivity index (χ0) is 9.97. The molecule has 0 aliphatic carbocycles. The number of benzene rings is 1. The normalized spacial score (nSPS) is 18.2. The van der Waals surface area contributed by atoms with Crippen molar-refractivity contribution in [1.82, 2.24) is 0 Å². The smallest absolute Gasteiger partial charge is 0.337 e. The van der Waals surface area contributed by atoms with Crippen LogP contribution in [0.4, 0.5) is 0 Å². The third kappa shape index (κ3) is 1.93. The quantitative estimate of drug-likeness (QED) is 0.717. The van der Waals surface area contributed by atoms with Crippen molar-refractivity contribution in [3.05, 3.63) is 52.2 Å². The maximum absolute atomic E-state index is 10.9. The highest BCUT2D eigenvalue weighted by Crippen LogP contribution is 2.26. The number of hydrogen-bond donors (Lipinski definition) is 0. The highest BCUT2D eigenvalue weighted by Gasteiger charge is 2.17. The summed E-state index contributed by atoms with van der Waals surface area (Å²) < 4.78 is 5.65. The molecule has 0 N–H and O–H groups in total. The fourth-order valence-electron chi connectivity index (χ4n) is 1.16. The van der Waals surface area contributed by atoms with Gasteiger partial charge in [-0.2, -0.15) is 0 Å². The van der Waals surface area contributed by atoms with Crippen molar-refractivity contribution in [2.75, 3.05) is 0 Å². The Bertz CT molecular complexity index is 418. The molecule has 14 heavy (non-hydrogen) atoms. The lowest BCUT2D eigenvalue weighted by atomic mass is 10.2. The summed E-state index contributed by atoms with van der Waals surface area (Å²) in [7, 11) is 0. The molecular weight excluding hydrogens is 244 g/mol. The van der Waals surface area contributed by atoms with Crippen molar-refractivity contribution >= 4 is 28.0 Å². The molecule has 1 aromatic rings. The summed E-state index contributed by atoms with van der Waals surface area (Å²) in [4.78, 5) is 10.9. The van der Waals surface area contributed by atoms with E-state index in [9.17, 15) is 4.79 Å². The van der Waals surface area contributed by atoms with Gasteiger partial charge in [0.1, 0.15) is 5.76 Å². The van der Waals surface area contributed by atoms with Crippen LogP contribution in [-0.2, 0) is 9.53 Å². The maximum Gasteiger partial charge on any atom is 0.337 e. The van der Waals surface area contributed by atoms with Crippen LogP contribution in [0.5, 0.6) is 0 Å². The molecule has 0 atom stereocenters. The van der Waals surface area contributed by atoms with E-state index < -0.39 is 0 Å². The summed E-state index contributed by atoms with van der Waals surface area (Å²) >= 11 is 3.25. The van der Waals surface area contributed by atoms with Gasteiger partial charge in [-0.3, -0.25) is 0 Å². The number of rotatable bonds is 1. The van der Waals surface area contributed by atoms with Crippen LogP contribution < -0.4 is 0 Å². The summed E-state index contributed by atoms with van der Waals surface area (Å²) in [6, 6.07) is 9.69. The van der Waals surface area contributed by atoms with Gasteiger partial charge in [-0.25, -0.2) is 4.79 Å². The predicted molar refractivity (Wildman–Crippen MR) is 57.5 cm³/mol. The summed E-state index contributed by atoms with van der Waals surface area (Å²) in [5, 5.41) is 0. The van der Waals surface area contributed by atoms with Crippen LogP contribution in [0, 0.1) is 0 Å². The second-order valence-corrected chi connectivity index (χ2v) is 3.69.